The van der Waals surface area contributed by atoms with Crippen LogP contribution < -0.4 is 14.8 Å². The summed E-state index contributed by atoms with van der Waals surface area (Å²) in [5, 5.41) is 3.23. The number of nitrogens with one attached hydrogen (secondary N) is 1. The Balaban J connectivity index is 1.23. The van der Waals surface area contributed by atoms with Gasteiger partial charge in [-0.1, -0.05) is 0 Å². The number of hydrogen-bond acceptors (Lipinski definition) is 11. The number of ether oxygens (including phenoxy) is 4. The fraction of sp³-hybridized carbons (Fsp3) is 0.259. The van der Waals surface area contributed by atoms with Crippen molar-refractivity contribution in [3.05, 3.63) is 60.1 Å². The molecule has 0 radical (unpaired) electrons. The molecule has 2 unspecified atom stereocenters. The van der Waals surface area contributed by atoms with E-state index in [1.807, 2.05) is 19.1 Å². The summed E-state index contributed by atoms with van der Waals surface area (Å²) in [4.78, 5) is 34.1. The number of halogens is 1. The molecular weight excluding hydrogens is 539 g/mol. The van der Waals surface area contributed by atoms with Crippen LogP contribution >= 0.6 is 11.3 Å². The quantitative estimate of drug-likeness (QED) is 0.306. The van der Waals surface area contributed by atoms with Crippen molar-refractivity contribution in [2.24, 2.45) is 0 Å². The molecule has 1 N–H and O–H groups in total. The van der Waals surface area contributed by atoms with E-state index < -0.39 is 24.1 Å². The molecule has 4 heterocycles. The first kappa shape index (κ1) is 25.8. The lowest BCUT2D eigenvalue weighted by atomic mass is 10.1. The fourth-order valence-electron chi connectivity index (χ4n) is 4.28. The topological polar surface area (TPSA) is 130 Å². The maximum atomic E-state index is 15.1. The molecule has 3 aromatic heterocycles. The van der Waals surface area contributed by atoms with Crippen LogP contribution in [0.15, 0.2) is 42.9 Å². The Bertz CT molecular complexity index is 1730. The number of thiazole rings is 1. The fourth-order valence-corrected chi connectivity index (χ4v) is 5.28. The Morgan fingerprint density at radius 3 is 2.62 bits per heavy atom. The number of aromatic nitrogens is 5. The number of carbonyl (C=O) groups excluding carboxylic acids is 1. The molecule has 1 fully saturated rings. The summed E-state index contributed by atoms with van der Waals surface area (Å²) < 4.78 is 37.9. The summed E-state index contributed by atoms with van der Waals surface area (Å²) in [6.07, 6.45) is 2.33. The van der Waals surface area contributed by atoms with Gasteiger partial charge in [0.2, 0.25) is 5.88 Å². The van der Waals surface area contributed by atoms with E-state index in [2.05, 4.69) is 30.2 Å². The molecule has 0 spiro atoms. The average Bonchev–Trinajstić information content (AvgIpc) is 3.55. The van der Waals surface area contributed by atoms with E-state index in [-0.39, 0.29) is 19.0 Å². The lowest BCUT2D eigenvalue weighted by molar-refractivity contribution is 0.0498. The van der Waals surface area contributed by atoms with Crippen molar-refractivity contribution >= 4 is 44.4 Å². The van der Waals surface area contributed by atoms with Crippen LogP contribution in [0.2, 0.25) is 0 Å². The summed E-state index contributed by atoms with van der Waals surface area (Å²) in [5.74, 6) is 0.412. The Morgan fingerprint density at radius 1 is 1.02 bits per heavy atom. The first-order valence-corrected chi connectivity index (χ1v) is 13.1. The summed E-state index contributed by atoms with van der Waals surface area (Å²) >= 11 is 1.38. The van der Waals surface area contributed by atoms with Gasteiger partial charge in [-0.15, -0.1) is 11.3 Å². The van der Waals surface area contributed by atoms with Crippen LogP contribution in [0.25, 0.3) is 31.8 Å². The van der Waals surface area contributed by atoms with Crippen molar-refractivity contribution in [1.29, 1.82) is 0 Å². The van der Waals surface area contributed by atoms with Crippen LogP contribution in [0, 0.1) is 19.7 Å². The van der Waals surface area contributed by atoms with Gasteiger partial charge in [0.25, 0.3) is 0 Å². The van der Waals surface area contributed by atoms with E-state index in [1.165, 1.54) is 36.9 Å². The Hall–Kier alpha value is -4.49. The third kappa shape index (κ3) is 5.20. The van der Waals surface area contributed by atoms with Gasteiger partial charge in [0, 0.05) is 17.7 Å². The van der Waals surface area contributed by atoms with Crippen molar-refractivity contribution in [3.63, 3.8) is 0 Å². The highest BCUT2D eigenvalue weighted by Crippen LogP contribution is 2.37. The summed E-state index contributed by atoms with van der Waals surface area (Å²) in [7, 11) is 1.54. The summed E-state index contributed by atoms with van der Waals surface area (Å²) in [6, 6.07) is 6.82. The molecule has 2 atom stereocenters. The molecular formula is C27H23FN6O5S. The number of rotatable bonds is 6. The Morgan fingerprint density at radius 2 is 1.82 bits per heavy atom. The maximum Gasteiger partial charge on any atom is 0.412 e. The zero-order chi connectivity index (χ0) is 27.8. The van der Waals surface area contributed by atoms with Crippen LogP contribution in [-0.2, 0) is 9.47 Å². The van der Waals surface area contributed by atoms with Gasteiger partial charge >= 0.3 is 6.09 Å². The minimum atomic E-state index is -0.743. The second-order valence-electron chi connectivity index (χ2n) is 9.14. The first-order valence-electron chi connectivity index (χ1n) is 12.3. The van der Waals surface area contributed by atoms with Crippen LogP contribution in [0.5, 0.6) is 11.6 Å². The molecule has 5 aromatic rings. The zero-order valence-electron chi connectivity index (χ0n) is 21.7. The molecule has 0 saturated carbocycles. The molecule has 1 amide bonds. The molecule has 1 aliphatic rings. The standard InChI is InChI=1S/C27H23FN6O5S/c1-13-4-16(25-19(5-13)33-24(36-3)10-31-25)26-34-18-6-17(28)20(7-23(18)40-26)38-21-11-37-12-22(21)39-27(35)32-15-8-29-14(2)30-9-15/h4-10,21-22H,11-12H2,1-3H3,(H,32,35). The number of anilines is 1. The van der Waals surface area contributed by atoms with E-state index in [9.17, 15) is 4.79 Å². The third-order valence-electron chi connectivity index (χ3n) is 6.19. The zero-order valence-corrected chi connectivity index (χ0v) is 22.5. The average molecular weight is 563 g/mol. The van der Waals surface area contributed by atoms with Gasteiger partial charge in [-0.2, -0.15) is 0 Å². The van der Waals surface area contributed by atoms with Gasteiger partial charge < -0.3 is 18.9 Å². The van der Waals surface area contributed by atoms with Crippen LogP contribution in [0.1, 0.15) is 11.4 Å². The lowest BCUT2D eigenvalue weighted by Gasteiger charge is -2.20. The second-order valence-corrected chi connectivity index (χ2v) is 10.2. The predicted molar refractivity (Wildman–Crippen MR) is 145 cm³/mol. The van der Waals surface area contributed by atoms with Gasteiger partial charge in [-0.25, -0.2) is 34.1 Å². The van der Waals surface area contributed by atoms with E-state index in [1.54, 1.807) is 19.2 Å². The monoisotopic (exact) mass is 562 g/mol. The van der Waals surface area contributed by atoms with Gasteiger partial charge in [0.1, 0.15) is 10.8 Å². The van der Waals surface area contributed by atoms with Crippen molar-refractivity contribution in [3.8, 4) is 22.2 Å². The molecule has 1 saturated heterocycles. The normalized spacial score (nSPS) is 16.8. The van der Waals surface area contributed by atoms with E-state index >= 15 is 4.39 Å². The largest absolute Gasteiger partial charge is 0.481 e. The molecule has 0 aliphatic carbocycles. The smallest absolute Gasteiger partial charge is 0.412 e. The summed E-state index contributed by atoms with van der Waals surface area (Å²) in [6.45, 7) is 3.94. The molecule has 40 heavy (non-hydrogen) atoms. The van der Waals surface area contributed by atoms with Gasteiger partial charge in [0.15, 0.2) is 23.8 Å². The molecule has 1 aliphatic heterocycles. The molecule has 2 aromatic carbocycles. The molecule has 6 rings (SSSR count). The SMILES string of the molecule is COc1cnc2c(-c3nc4cc(F)c(OC5COCC5OC(=O)Nc5cnc(C)nc5)cc4s3)cc(C)cc2n1. The number of nitrogens with zero attached hydrogens (tertiary/aromatic N) is 5. The minimum absolute atomic E-state index is 0.0118. The Labute approximate surface area is 231 Å². The number of carbonyl (C=O) groups is 1. The maximum absolute atomic E-state index is 15.1. The number of methoxy groups -OCH3 is 1. The first-order chi connectivity index (χ1) is 19.4. The van der Waals surface area contributed by atoms with Crippen molar-refractivity contribution in [2.75, 3.05) is 25.6 Å². The van der Waals surface area contributed by atoms with Gasteiger partial charge in [0.05, 0.1) is 65.9 Å². The van der Waals surface area contributed by atoms with Crippen LogP contribution in [-0.4, -0.2) is 63.5 Å². The van der Waals surface area contributed by atoms with Crippen LogP contribution in [0.3, 0.4) is 0 Å². The predicted octanol–water partition coefficient (Wildman–Crippen LogP) is 4.86. The number of aryl methyl sites for hydroxylation is 2. The highest BCUT2D eigenvalue weighted by molar-refractivity contribution is 7.21. The van der Waals surface area contributed by atoms with Gasteiger partial charge in [-0.3, -0.25) is 5.32 Å². The van der Waals surface area contributed by atoms with Crippen molar-refractivity contribution in [2.45, 2.75) is 26.1 Å². The number of amides is 1. The number of benzene rings is 2. The van der Waals surface area contributed by atoms with Crippen LogP contribution in [0.4, 0.5) is 14.9 Å². The van der Waals surface area contributed by atoms with Crippen molar-refractivity contribution in [1.82, 2.24) is 24.9 Å². The van der Waals surface area contributed by atoms with Crippen molar-refractivity contribution < 1.29 is 28.1 Å². The molecule has 11 nitrogen and oxygen atoms in total. The third-order valence-corrected chi connectivity index (χ3v) is 7.24. The molecule has 0 bridgehead atoms. The second kappa shape index (κ2) is 10.6. The van der Waals surface area contributed by atoms with E-state index in [4.69, 9.17) is 18.9 Å². The summed E-state index contributed by atoms with van der Waals surface area (Å²) in [5.41, 5.74) is 3.98. The highest BCUT2D eigenvalue weighted by atomic mass is 32.1. The minimum Gasteiger partial charge on any atom is -0.481 e. The highest BCUT2D eigenvalue weighted by Gasteiger charge is 2.34. The Kier molecular flexibility index (Phi) is 6.82. The number of fused-ring (bicyclic) bond motifs is 2. The lowest BCUT2D eigenvalue weighted by Crippen LogP contribution is -2.35. The van der Waals surface area contributed by atoms with E-state index in [0.29, 0.717) is 38.9 Å². The van der Waals surface area contributed by atoms with Gasteiger partial charge in [-0.05, 0) is 31.5 Å². The number of hydrogen-bond donors (Lipinski definition) is 1. The van der Waals surface area contributed by atoms with E-state index in [0.717, 1.165) is 15.8 Å². The molecule has 204 valence electrons. The molecule has 13 heteroatoms.